The van der Waals surface area contributed by atoms with E-state index < -0.39 is 39.5 Å². The second-order valence-electron chi connectivity index (χ2n) is 3.96. The second-order valence-corrected chi connectivity index (χ2v) is 3.96. The van der Waals surface area contributed by atoms with E-state index in [-0.39, 0.29) is 5.69 Å². The van der Waals surface area contributed by atoms with Crippen LogP contribution in [0, 0.1) is 27.6 Å². The third kappa shape index (κ3) is 2.83. The van der Waals surface area contributed by atoms with Crippen molar-refractivity contribution in [1.82, 2.24) is 0 Å². The quantitative estimate of drug-likeness (QED) is 0.537. The molecule has 0 atom stereocenters. The molecule has 0 aliphatic heterocycles. The Kier molecular flexibility index (Phi) is 3.88. The van der Waals surface area contributed by atoms with E-state index in [1.54, 1.807) is 18.2 Å². The topological polar surface area (TPSA) is 72.2 Å². The molecule has 0 radical (unpaired) electrons. The van der Waals surface area contributed by atoms with Gasteiger partial charge < -0.3 is 5.32 Å². The van der Waals surface area contributed by atoms with Gasteiger partial charge in [0.25, 0.3) is 5.91 Å². The van der Waals surface area contributed by atoms with Crippen LogP contribution in [-0.2, 0) is 0 Å². The van der Waals surface area contributed by atoms with E-state index in [9.17, 15) is 28.1 Å². The molecule has 1 amide bonds. The van der Waals surface area contributed by atoms with Crippen molar-refractivity contribution in [2.45, 2.75) is 0 Å². The number of amides is 1. The summed E-state index contributed by atoms with van der Waals surface area (Å²) in [4.78, 5) is 21.1. The summed E-state index contributed by atoms with van der Waals surface area (Å²) >= 11 is 0. The zero-order valence-electron chi connectivity index (χ0n) is 10.3. The standard InChI is InChI=1S/C13H7F3N2O3/c14-10-8(6-9(18(20)21)11(15)12(10)16)13(19)17-7-4-2-1-3-5-7/h1-6H,(H,17,19). The fourth-order valence-electron chi connectivity index (χ4n) is 1.61. The summed E-state index contributed by atoms with van der Waals surface area (Å²) in [6, 6.07) is 8.14. The number of hydrogen-bond donors (Lipinski definition) is 1. The number of halogens is 3. The lowest BCUT2D eigenvalue weighted by Gasteiger charge is -2.07. The van der Waals surface area contributed by atoms with Crippen molar-refractivity contribution in [3.63, 3.8) is 0 Å². The van der Waals surface area contributed by atoms with E-state index in [1.807, 2.05) is 0 Å². The predicted molar refractivity (Wildman–Crippen MR) is 67.4 cm³/mol. The first-order chi connectivity index (χ1) is 9.91. The van der Waals surface area contributed by atoms with E-state index in [4.69, 9.17) is 0 Å². The lowest BCUT2D eigenvalue weighted by Crippen LogP contribution is -2.16. The molecule has 0 saturated carbocycles. The van der Waals surface area contributed by atoms with Gasteiger partial charge in [0, 0.05) is 11.8 Å². The summed E-state index contributed by atoms with van der Waals surface area (Å²) in [5.74, 6) is -6.93. The molecule has 0 unspecified atom stereocenters. The van der Waals surface area contributed by atoms with E-state index in [0.29, 0.717) is 6.07 Å². The number of carbonyl (C=O) groups excluding carboxylic acids is 1. The zero-order valence-corrected chi connectivity index (χ0v) is 10.3. The molecule has 5 nitrogen and oxygen atoms in total. The van der Waals surface area contributed by atoms with E-state index in [1.165, 1.54) is 12.1 Å². The molecule has 0 spiro atoms. The van der Waals surface area contributed by atoms with Crippen LogP contribution < -0.4 is 5.32 Å². The molecule has 2 aromatic rings. The van der Waals surface area contributed by atoms with Crippen molar-refractivity contribution in [2.75, 3.05) is 5.32 Å². The molecular weight excluding hydrogens is 289 g/mol. The SMILES string of the molecule is O=C(Nc1ccccc1)c1cc([N+](=O)[O-])c(F)c(F)c1F. The van der Waals surface area contributed by atoms with Crippen LogP contribution >= 0.6 is 0 Å². The highest BCUT2D eigenvalue weighted by Crippen LogP contribution is 2.26. The van der Waals surface area contributed by atoms with Crippen molar-refractivity contribution < 1.29 is 22.9 Å². The van der Waals surface area contributed by atoms with Gasteiger partial charge in [-0.3, -0.25) is 14.9 Å². The highest BCUT2D eigenvalue weighted by molar-refractivity contribution is 6.04. The van der Waals surface area contributed by atoms with Gasteiger partial charge in [-0.1, -0.05) is 18.2 Å². The van der Waals surface area contributed by atoms with Gasteiger partial charge in [-0.05, 0) is 12.1 Å². The number of nitro groups is 1. The molecule has 2 aromatic carbocycles. The molecule has 1 N–H and O–H groups in total. The molecule has 0 bridgehead atoms. The summed E-state index contributed by atoms with van der Waals surface area (Å²) < 4.78 is 40.0. The van der Waals surface area contributed by atoms with Gasteiger partial charge in [0.2, 0.25) is 11.6 Å². The number of hydrogen-bond acceptors (Lipinski definition) is 3. The number of nitrogens with zero attached hydrogens (tertiary/aromatic N) is 1. The largest absolute Gasteiger partial charge is 0.322 e. The molecule has 0 aromatic heterocycles. The zero-order chi connectivity index (χ0) is 15.6. The Morgan fingerprint density at radius 1 is 1.05 bits per heavy atom. The number of carbonyl (C=O) groups is 1. The van der Waals surface area contributed by atoms with Crippen molar-refractivity contribution >= 4 is 17.3 Å². The fraction of sp³-hybridized carbons (Fsp3) is 0. The van der Waals surface area contributed by atoms with Gasteiger partial charge >= 0.3 is 5.69 Å². The second kappa shape index (κ2) is 5.61. The third-order valence-corrected chi connectivity index (χ3v) is 2.60. The first-order valence-corrected chi connectivity index (χ1v) is 5.60. The van der Waals surface area contributed by atoms with Crippen molar-refractivity contribution in [3.05, 3.63) is 69.5 Å². The Balaban J connectivity index is 2.44. The van der Waals surface area contributed by atoms with Gasteiger partial charge in [0.15, 0.2) is 5.82 Å². The number of nitro benzene ring substituents is 1. The number of nitrogens with one attached hydrogen (secondary N) is 1. The lowest BCUT2D eigenvalue weighted by molar-refractivity contribution is -0.387. The number of benzene rings is 2. The minimum absolute atomic E-state index is 0.272. The highest BCUT2D eigenvalue weighted by atomic mass is 19.2. The van der Waals surface area contributed by atoms with Crippen LogP contribution in [-0.4, -0.2) is 10.8 Å². The molecular formula is C13H7F3N2O3. The molecule has 108 valence electrons. The monoisotopic (exact) mass is 296 g/mol. The van der Waals surface area contributed by atoms with Gasteiger partial charge in [-0.2, -0.15) is 4.39 Å². The Morgan fingerprint density at radius 2 is 1.67 bits per heavy atom. The Bertz CT molecular complexity index is 720. The molecule has 0 saturated heterocycles. The van der Waals surface area contributed by atoms with Crippen LogP contribution in [0.25, 0.3) is 0 Å². The maximum atomic E-state index is 13.6. The minimum Gasteiger partial charge on any atom is -0.322 e. The van der Waals surface area contributed by atoms with Crippen LogP contribution in [0.15, 0.2) is 36.4 Å². The molecule has 0 heterocycles. The van der Waals surface area contributed by atoms with Gasteiger partial charge in [-0.15, -0.1) is 0 Å². The fourth-order valence-corrected chi connectivity index (χ4v) is 1.61. The normalized spacial score (nSPS) is 10.2. The first kappa shape index (κ1) is 14.5. The summed E-state index contributed by atoms with van der Waals surface area (Å²) in [5, 5.41) is 12.8. The summed E-state index contributed by atoms with van der Waals surface area (Å²) in [7, 11) is 0. The van der Waals surface area contributed by atoms with Crippen molar-refractivity contribution in [2.24, 2.45) is 0 Å². The first-order valence-electron chi connectivity index (χ1n) is 5.60. The Hall–Kier alpha value is -2.90. The van der Waals surface area contributed by atoms with E-state index in [2.05, 4.69) is 5.32 Å². The average molecular weight is 296 g/mol. The van der Waals surface area contributed by atoms with Gasteiger partial charge in [-0.25, -0.2) is 8.78 Å². The smallest absolute Gasteiger partial charge is 0.308 e. The van der Waals surface area contributed by atoms with Crippen LogP contribution in [0.5, 0.6) is 0 Å². The van der Waals surface area contributed by atoms with Gasteiger partial charge in [0.1, 0.15) is 0 Å². The van der Waals surface area contributed by atoms with Gasteiger partial charge in [0.05, 0.1) is 10.5 Å². The molecule has 0 fully saturated rings. The average Bonchev–Trinajstić information content (AvgIpc) is 2.45. The minimum atomic E-state index is -2.07. The maximum absolute atomic E-state index is 13.6. The van der Waals surface area contributed by atoms with Crippen LogP contribution in [0.1, 0.15) is 10.4 Å². The molecule has 0 aliphatic rings. The molecule has 0 aliphatic carbocycles. The highest BCUT2D eigenvalue weighted by Gasteiger charge is 2.28. The molecule has 8 heteroatoms. The van der Waals surface area contributed by atoms with Crippen LogP contribution in [0.4, 0.5) is 24.5 Å². The van der Waals surface area contributed by atoms with Crippen LogP contribution in [0.3, 0.4) is 0 Å². The summed E-state index contributed by atoms with van der Waals surface area (Å²) in [5.41, 5.74) is -1.99. The Morgan fingerprint density at radius 3 is 2.24 bits per heavy atom. The predicted octanol–water partition coefficient (Wildman–Crippen LogP) is 3.26. The summed E-state index contributed by atoms with van der Waals surface area (Å²) in [6.45, 7) is 0. The third-order valence-electron chi connectivity index (χ3n) is 2.60. The molecule has 2 rings (SSSR count). The van der Waals surface area contributed by atoms with E-state index in [0.717, 1.165) is 0 Å². The van der Waals surface area contributed by atoms with Crippen LogP contribution in [0.2, 0.25) is 0 Å². The number of rotatable bonds is 3. The number of para-hydroxylation sites is 1. The van der Waals surface area contributed by atoms with Crippen molar-refractivity contribution in [3.8, 4) is 0 Å². The summed E-state index contributed by atoms with van der Waals surface area (Å²) in [6.07, 6.45) is 0. The van der Waals surface area contributed by atoms with Crippen molar-refractivity contribution in [1.29, 1.82) is 0 Å². The lowest BCUT2D eigenvalue weighted by atomic mass is 10.1. The Labute approximate surface area is 116 Å². The molecule has 21 heavy (non-hydrogen) atoms. The van der Waals surface area contributed by atoms with E-state index >= 15 is 0 Å². The maximum Gasteiger partial charge on any atom is 0.308 e. The number of anilines is 1.